The molecule has 0 aromatic heterocycles. The van der Waals surface area contributed by atoms with E-state index in [2.05, 4.69) is 0 Å². The average Bonchev–Trinajstić information content (AvgIpc) is 3.12. The van der Waals surface area contributed by atoms with Crippen molar-refractivity contribution < 1.29 is 50.0 Å². The highest BCUT2D eigenvalue weighted by Gasteiger charge is 2.50. The predicted octanol–water partition coefficient (Wildman–Crippen LogP) is 7.68. The number of fused-ring (bicyclic) bond motifs is 4. The summed E-state index contributed by atoms with van der Waals surface area (Å²) in [6.07, 6.45) is 1.24. The third-order valence-corrected chi connectivity index (χ3v) is 12.2. The highest BCUT2D eigenvalue weighted by molar-refractivity contribution is 7.91. The zero-order valence-corrected chi connectivity index (χ0v) is 29.4. The third kappa shape index (κ3) is 7.58. The van der Waals surface area contributed by atoms with Crippen LogP contribution >= 0.6 is 23.2 Å². The predicted molar refractivity (Wildman–Crippen MR) is 182 cm³/mol. The van der Waals surface area contributed by atoms with Gasteiger partial charge in [-0.05, 0) is 79.1 Å². The summed E-state index contributed by atoms with van der Waals surface area (Å²) in [7, 11) is -4.11. The molecule has 0 aliphatic carbocycles. The first-order valence-corrected chi connectivity index (χ1v) is 18.5. The molecule has 3 heterocycles. The van der Waals surface area contributed by atoms with Crippen LogP contribution in [-0.4, -0.2) is 59.8 Å². The van der Waals surface area contributed by atoms with E-state index >= 15 is 0 Å². The van der Waals surface area contributed by atoms with Gasteiger partial charge in [0.1, 0.15) is 16.9 Å². The van der Waals surface area contributed by atoms with Crippen LogP contribution in [0.25, 0.3) is 0 Å². The summed E-state index contributed by atoms with van der Waals surface area (Å²) in [6.45, 7) is 0.817. The molecule has 4 atom stereocenters. The Balaban J connectivity index is 0.000000177. The summed E-state index contributed by atoms with van der Waals surface area (Å²) in [5.74, 6) is -3.78. The van der Waals surface area contributed by atoms with Crippen molar-refractivity contribution in [1.29, 1.82) is 0 Å². The van der Waals surface area contributed by atoms with E-state index in [1.165, 1.54) is 30.3 Å². The lowest BCUT2D eigenvalue weighted by atomic mass is 9.63. The zero-order valence-electron chi connectivity index (χ0n) is 27.1. The third-order valence-electron chi connectivity index (χ3n) is 9.50. The fourth-order valence-corrected chi connectivity index (χ4v) is 9.33. The van der Waals surface area contributed by atoms with Gasteiger partial charge < -0.3 is 24.1 Å². The van der Waals surface area contributed by atoms with Crippen LogP contribution in [-0.2, 0) is 31.1 Å². The first-order chi connectivity index (χ1) is 24.5. The summed E-state index contributed by atoms with van der Waals surface area (Å²) < 4.78 is 106. The molecule has 3 aliphatic heterocycles. The van der Waals surface area contributed by atoms with Gasteiger partial charge in [-0.3, -0.25) is 0 Å². The number of sulfone groups is 1. The van der Waals surface area contributed by atoms with Crippen molar-refractivity contribution in [3.05, 3.63) is 123 Å². The number of hydrogen-bond acceptors (Lipinski definition) is 7. The quantitative estimate of drug-likeness (QED) is 0.145. The van der Waals surface area contributed by atoms with Gasteiger partial charge in [-0.1, -0.05) is 35.3 Å². The molecule has 0 unspecified atom stereocenters. The smallest absolute Gasteiger partial charge is 0.186 e. The maximum atomic E-state index is 14.7. The molecule has 0 spiro atoms. The first-order valence-electron chi connectivity index (χ1n) is 16.2. The lowest BCUT2D eigenvalue weighted by Crippen LogP contribution is -2.50. The van der Waals surface area contributed by atoms with Gasteiger partial charge in [0.15, 0.2) is 33.0 Å². The minimum absolute atomic E-state index is 0.00859. The van der Waals surface area contributed by atoms with E-state index in [0.29, 0.717) is 48.3 Å². The Bertz CT molecular complexity index is 1970. The van der Waals surface area contributed by atoms with Crippen LogP contribution in [0.1, 0.15) is 28.4 Å². The molecule has 272 valence electrons. The molecule has 1 N–H and O–H groups in total. The Morgan fingerprint density at radius 2 is 1.39 bits per heavy atom. The van der Waals surface area contributed by atoms with Gasteiger partial charge in [-0.15, -0.1) is 0 Å². The van der Waals surface area contributed by atoms with Gasteiger partial charge in [0, 0.05) is 39.5 Å². The molecular formula is C37H34Cl2F4O7S. The largest absolute Gasteiger partial charge is 0.490 e. The van der Waals surface area contributed by atoms with Gasteiger partial charge in [-0.2, -0.15) is 0 Å². The topological polar surface area (TPSA) is 91.3 Å². The van der Waals surface area contributed by atoms with Crippen LogP contribution in [0.2, 0.25) is 10.0 Å². The van der Waals surface area contributed by atoms with Crippen molar-refractivity contribution >= 4 is 33.0 Å². The normalized spacial score (nSPS) is 22.3. The summed E-state index contributed by atoms with van der Waals surface area (Å²) in [4.78, 5) is -0.0689. The second kappa shape index (κ2) is 15.7. The van der Waals surface area contributed by atoms with Crippen LogP contribution < -0.4 is 9.47 Å². The summed E-state index contributed by atoms with van der Waals surface area (Å²) >= 11 is 11.8. The minimum Gasteiger partial charge on any atom is -0.490 e. The maximum Gasteiger partial charge on any atom is 0.186 e. The van der Waals surface area contributed by atoms with Crippen LogP contribution in [0.15, 0.2) is 77.7 Å². The molecule has 7 nitrogen and oxygen atoms in total. The molecule has 4 aromatic carbocycles. The Morgan fingerprint density at radius 3 is 2.08 bits per heavy atom. The van der Waals surface area contributed by atoms with Gasteiger partial charge >= 0.3 is 0 Å². The van der Waals surface area contributed by atoms with E-state index in [0.717, 1.165) is 23.8 Å². The van der Waals surface area contributed by atoms with E-state index in [1.807, 2.05) is 24.3 Å². The zero-order chi connectivity index (χ0) is 36.3. The molecule has 1 saturated heterocycles. The highest BCUT2D eigenvalue weighted by atomic mass is 35.5. The van der Waals surface area contributed by atoms with E-state index in [9.17, 15) is 26.0 Å². The van der Waals surface area contributed by atoms with Gasteiger partial charge in [-0.25, -0.2) is 26.0 Å². The molecular weight excluding hydrogens is 735 g/mol. The van der Waals surface area contributed by atoms with Crippen molar-refractivity contribution in [1.82, 2.24) is 0 Å². The number of benzene rings is 4. The van der Waals surface area contributed by atoms with Crippen molar-refractivity contribution in [3.8, 4) is 11.5 Å². The molecule has 1 fully saturated rings. The van der Waals surface area contributed by atoms with Crippen molar-refractivity contribution in [3.63, 3.8) is 0 Å². The lowest BCUT2D eigenvalue weighted by molar-refractivity contribution is -0.0355. The Morgan fingerprint density at radius 1 is 0.784 bits per heavy atom. The van der Waals surface area contributed by atoms with E-state index < -0.39 is 55.4 Å². The molecule has 0 saturated carbocycles. The van der Waals surface area contributed by atoms with Crippen molar-refractivity contribution in [2.24, 2.45) is 11.8 Å². The number of aliphatic hydroxyl groups excluding tert-OH is 1. The van der Waals surface area contributed by atoms with Gasteiger partial charge in [0.25, 0.3) is 0 Å². The van der Waals surface area contributed by atoms with Gasteiger partial charge in [0.05, 0.1) is 50.1 Å². The monoisotopic (exact) mass is 768 g/mol. The average molecular weight is 770 g/mol. The minimum atomic E-state index is -4.11. The molecule has 3 aliphatic rings. The number of hydrogen-bond donors (Lipinski definition) is 1. The molecule has 4 aromatic rings. The van der Waals surface area contributed by atoms with Gasteiger partial charge in [0.2, 0.25) is 0 Å². The maximum absolute atomic E-state index is 14.7. The van der Waals surface area contributed by atoms with E-state index in [4.69, 9.17) is 47.3 Å². The van der Waals surface area contributed by atoms with Crippen LogP contribution in [0, 0.1) is 35.1 Å². The Kier molecular flexibility index (Phi) is 11.5. The summed E-state index contributed by atoms with van der Waals surface area (Å²) in [6, 6.07) is 17.1. The summed E-state index contributed by atoms with van der Waals surface area (Å²) in [5, 5.41) is 8.47. The number of rotatable bonds is 8. The Hall–Kier alpha value is -3.39. The van der Waals surface area contributed by atoms with Crippen LogP contribution in [0.5, 0.6) is 11.5 Å². The standard InChI is InChI=1S/C19H17ClF2O2.C18H17ClF2O5S/c20-14-3-1-12(2-4-14)9-19-7-8-23-10-13(19)11-24-18-16(22)6-5-15(21)17(18)19;19-12-1-3-13(4-2-12)27(23,24)18-11(9-25-8-7-22)10-26-17-15(21)6-5-14(20)16(17)18/h1-6,13H,7-11H2;1-6,11,18,22H,7-10H2/t13-,19+;11-,18+/m01/s1. The van der Waals surface area contributed by atoms with Crippen molar-refractivity contribution in [2.75, 3.05) is 46.2 Å². The summed E-state index contributed by atoms with van der Waals surface area (Å²) in [5.41, 5.74) is 0.528. The van der Waals surface area contributed by atoms with Crippen molar-refractivity contribution in [2.45, 2.75) is 28.4 Å². The highest BCUT2D eigenvalue weighted by Crippen LogP contribution is 2.51. The molecule has 51 heavy (non-hydrogen) atoms. The fourth-order valence-electron chi connectivity index (χ4n) is 7.08. The molecule has 14 heteroatoms. The molecule has 0 amide bonds. The number of aliphatic hydroxyl groups is 1. The first kappa shape index (κ1) is 37.4. The van der Waals surface area contributed by atoms with E-state index in [1.54, 1.807) is 0 Å². The van der Waals surface area contributed by atoms with Crippen LogP contribution in [0.3, 0.4) is 0 Å². The molecule has 0 radical (unpaired) electrons. The van der Waals surface area contributed by atoms with Crippen LogP contribution in [0.4, 0.5) is 17.6 Å². The number of ether oxygens (including phenoxy) is 4. The number of halogens is 6. The van der Waals surface area contributed by atoms with E-state index in [-0.39, 0.29) is 48.6 Å². The molecule has 0 bridgehead atoms. The SMILES string of the molecule is Fc1ccc(F)c2c1OC[C@@H]1COCC[C@]21Cc1ccc(Cl)cc1.O=S(=O)(c1ccc(Cl)cc1)[C@@H]1c2c(F)ccc(F)c2OC[C@H]1COCCO. The second-order valence-corrected chi connectivity index (χ2v) is 15.5. The Labute approximate surface area is 302 Å². The molecule has 7 rings (SSSR count). The second-order valence-electron chi connectivity index (χ2n) is 12.6. The lowest BCUT2D eigenvalue weighted by Gasteiger charge is -2.48. The fraction of sp³-hybridized carbons (Fsp3) is 0.351.